The maximum atomic E-state index is 12.3. The lowest BCUT2D eigenvalue weighted by Gasteiger charge is -2.17. The average Bonchev–Trinajstić information content (AvgIpc) is 2.52. The maximum Gasteiger partial charge on any atom is 0.207 e. The fourth-order valence-electron chi connectivity index (χ4n) is 2.37. The number of aliphatic hydroxyl groups excluding tert-OH is 1. The lowest BCUT2D eigenvalue weighted by atomic mass is 10.2. The van der Waals surface area contributed by atoms with E-state index in [-0.39, 0.29) is 18.9 Å². The molecule has 1 unspecified atom stereocenters. The summed E-state index contributed by atoms with van der Waals surface area (Å²) in [4.78, 5) is 10.1. The van der Waals surface area contributed by atoms with Crippen LogP contribution in [0.25, 0.3) is 0 Å². The molecule has 0 spiro atoms. The minimum absolute atomic E-state index is 0.00796. The molecule has 136 valence electrons. The van der Waals surface area contributed by atoms with Crippen LogP contribution in [-0.4, -0.2) is 28.8 Å². The number of hydrogen-bond acceptors (Lipinski definition) is 3. The van der Waals surface area contributed by atoms with Crippen molar-refractivity contribution in [3.63, 3.8) is 0 Å². The highest BCUT2D eigenvalue weighted by Crippen LogP contribution is 2.45. The van der Waals surface area contributed by atoms with Gasteiger partial charge in [-0.1, -0.05) is 53.0 Å². The van der Waals surface area contributed by atoms with E-state index in [1.165, 1.54) is 0 Å². The zero-order valence-corrected chi connectivity index (χ0v) is 16.5. The summed E-state index contributed by atoms with van der Waals surface area (Å²) in [5.74, 6) is 0. The second kappa shape index (κ2) is 9.38. The number of aliphatic hydroxyl groups is 1. The summed E-state index contributed by atoms with van der Waals surface area (Å²) < 4.78 is 12.3. The fraction of sp³-hybridized carbons (Fsp3) is 0.294. The van der Waals surface area contributed by atoms with E-state index in [0.717, 1.165) is 5.56 Å². The SMILES string of the molecule is O=P(O)(Cc1ccc(Cl)cc1)C[C@@H](O)CNCc1ccc(Cl)c(Cl)c1. The lowest BCUT2D eigenvalue weighted by molar-refractivity contribution is 0.190. The van der Waals surface area contributed by atoms with E-state index in [1.807, 2.05) is 6.07 Å². The van der Waals surface area contributed by atoms with E-state index >= 15 is 0 Å². The molecule has 0 fully saturated rings. The van der Waals surface area contributed by atoms with E-state index in [0.29, 0.717) is 27.2 Å². The first kappa shape index (κ1) is 20.7. The van der Waals surface area contributed by atoms with Gasteiger partial charge in [0.05, 0.1) is 22.3 Å². The van der Waals surface area contributed by atoms with Gasteiger partial charge in [-0.3, -0.25) is 4.57 Å². The summed E-state index contributed by atoms with van der Waals surface area (Å²) in [6.07, 6.45) is -1.09. The Kier molecular flexibility index (Phi) is 7.78. The lowest BCUT2D eigenvalue weighted by Crippen LogP contribution is -2.29. The van der Waals surface area contributed by atoms with Crippen LogP contribution < -0.4 is 5.32 Å². The van der Waals surface area contributed by atoms with Crippen molar-refractivity contribution in [3.8, 4) is 0 Å². The monoisotopic (exact) mass is 421 g/mol. The van der Waals surface area contributed by atoms with Crippen LogP contribution in [0.15, 0.2) is 42.5 Å². The second-order valence-electron chi connectivity index (χ2n) is 5.85. The van der Waals surface area contributed by atoms with Gasteiger partial charge in [0.2, 0.25) is 7.37 Å². The van der Waals surface area contributed by atoms with Gasteiger partial charge in [0.15, 0.2) is 0 Å². The molecule has 8 heteroatoms. The van der Waals surface area contributed by atoms with Crippen molar-refractivity contribution in [1.82, 2.24) is 5.32 Å². The summed E-state index contributed by atoms with van der Waals surface area (Å²) in [6, 6.07) is 12.0. The second-order valence-corrected chi connectivity index (χ2v) is 9.47. The Bertz CT molecular complexity index is 755. The zero-order valence-electron chi connectivity index (χ0n) is 13.3. The summed E-state index contributed by atoms with van der Waals surface area (Å²) in [5.41, 5.74) is 1.63. The summed E-state index contributed by atoms with van der Waals surface area (Å²) in [6.45, 7) is 0.673. The van der Waals surface area contributed by atoms with Crippen LogP contribution in [0.5, 0.6) is 0 Å². The molecule has 0 aliphatic rings. The normalized spacial score (nSPS) is 14.9. The summed E-state index contributed by atoms with van der Waals surface area (Å²) in [5, 5.41) is 14.6. The third-order valence-electron chi connectivity index (χ3n) is 3.53. The van der Waals surface area contributed by atoms with Crippen LogP contribution in [0, 0.1) is 0 Å². The quantitative estimate of drug-likeness (QED) is 0.545. The number of rotatable bonds is 8. The molecule has 0 aliphatic heterocycles. The van der Waals surface area contributed by atoms with Crippen LogP contribution in [-0.2, 0) is 17.3 Å². The Hall–Kier alpha value is -0.580. The Morgan fingerprint density at radius 1 is 1.00 bits per heavy atom. The minimum Gasteiger partial charge on any atom is -0.391 e. The number of benzene rings is 2. The highest BCUT2D eigenvalue weighted by Gasteiger charge is 2.23. The first-order chi connectivity index (χ1) is 11.7. The van der Waals surface area contributed by atoms with Gasteiger partial charge >= 0.3 is 0 Å². The Balaban J connectivity index is 1.80. The molecule has 3 N–H and O–H groups in total. The summed E-state index contributed by atoms with van der Waals surface area (Å²) in [7, 11) is -3.48. The molecule has 2 aromatic carbocycles. The molecule has 0 aliphatic carbocycles. The van der Waals surface area contributed by atoms with Crippen LogP contribution in [0.4, 0.5) is 0 Å². The zero-order chi connectivity index (χ0) is 18.4. The molecular weight excluding hydrogens is 404 g/mol. The van der Waals surface area contributed by atoms with E-state index < -0.39 is 13.5 Å². The van der Waals surface area contributed by atoms with Crippen molar-refractivity contribution < 1.29 is 14.6 Å². The third-order valence-corrected chi connectivity index (χ3v) is 6.37. The molecule has 0 bridgehead atoms. The van der Waals surface area contributed by atoms with E-state index in [2.05, 4.69) is 5.32 Å². The van der Waals surface area contributed by atoms with Gasteiger partial charge in [-0.2, -0.15) is 0 Å². The molecule has 0 saturated carbocycles. The predicted molar refractivity (Wildman–Crippen MR) is 104 cm³/mol. The van der Waals surface area contributed by atoms with E-state index in [9.17, 15) is 14.6 Å². The highest BCUT2D eigenvalue weighted by atomic mass is 35.5. The first-order valence-corrected chi connectivity index (χ1v) is 10.8. The summed E-state index contributed by atoms with van der Waals surface area (Å²) >= 11 is 17.6. The molecule has 0 saturated heterocycles. The van der Waals surface area contributed by atoms with E-state index in [1.54, 1.807) is 36.4 Å². The molecule has 25 heavy (non-hydrogen) atoms. The molecule has 0 aromatic heterocycles. The van der Waals surface area contributed by atoms with E-state index in [4.69, 9.17) is 34.8 Å². The molecule has 0 amide bonds. The molecule has 4 nitrogen and oxygen atoms in total. The van der Waals surface area contributed by atoms with Crippen LogP contribution in [0.2, 0.25) is 15.1 Å². The first-order valence-electron chi connectivity index (χ1n) is 7.63. The Morgan fingerprint density at radius 3 is 2.28 bits per heavy atom. The number of hydrogen-bond donors (Lipinski definition) is 3. The topological polar surface area (TPSA) is 69.6 Å². The van der Waals surface area contributed by atoms with Crippen molar-refractivity contribution in [2.75, 3.05) is 12.7 Å². The van der Waals surface area contributed by atoms with Crippen LogP contribution in [0.3, 0.4) is 0 Å². The molecule has 0 radical (unpaired) electrons. The van der Waals surface area contributed by atoms with Crippen molar-refractivity contribution in [1.29, 1.82) is 0 Å². The maximum absolute atomic E-state index is 12.3. The Morgan fingerprint density at radius 2 is 1.64 bits per heavy atom. The number of halogens is 3. The standard InChI is InChI=1S/C17H19Cl3NO3P/c18-14-4-1-12(2-5-14)10-25(23,24)11-15(22)9-21-8-13-3-6-16(19)17(20)7-13/h1-7,15,21-22H,8-11H2,(H,23,24)/t15-/m0/s1. The average molecular weight is 423 g/mol. The Labute approximate surface area is 162 Å². The molecule has 2 rings (SSSR count). The van der Waals surface area contributed by atoms with Gasteiger partial charge in [-0.15, -0.1) is 0 Å². The van der Waals surface area contributed by atoms with Gasteiger partial charge in [0, 0.05) is 24.3 Å². The van der Waals surface area contributed by atoms with Crippen LogP contribution in [0.1, 0.15) is 11.1 Å². The van der Waals surface area contributed by atoms with Gasteiger partial charge < -0.3 is 15.3 Å². The van der Waals surface area contributed by atoms with Gasteiger partial charge in [0.25, 0.3) is 0 Å². The largest absolute Gasteiger partial charge is 0.391 e. The van der Waals surface area contributed by atoms with Gasteiger partial charge in [-0.05, 0) is 35.4 Å². The minimum atomic E-state index is -3.48. The van der Waals surface area contributed by atoms with Crippen molar-refractivity contribution in [2.24, 2.45) is 0 Å². The fourth-order valence-corrected chi connectivity index (χ4v) is 4.51. The van der Waals surface area contributed by atoms with Gasteiger partial charge in [-0.25, -0.2) is 0 Å². The van der Waals surface area contributed by atoms with Crippen molar-refractivity contribution in [2.45, 2.75) is 18.8 Å². The van der Waals surface area contributed by atoms with Crippen molar-refractivity contribution >= 4 is 42.2 Å². The highest BCUT2D eigenvalue weighted by molar-refractivity contribution is 7.57. The molecule has 0 heterocycles. The van der Waals surface area contributed by atoms with Crippen LogP contribution >= 0.6 is 42.2 Å². The number of nitrogens with one attached hydrogen (secondary N) is 1. The predicted octanol–water partition coefficient (Wildman–Crippen LogP) is 4.57. The third kappa shape index (κ3) is 7.28. The van der Waals surface area contributed by atoms with Gasteiger partial charge in [0.1, 0.15) is 0 Å². The smallest absolute Gasteiger partial charge is 0.207 e. The molecule has 2 atom stereocenters. The van der Waals surface area contributed by atoms with Crippen molar-refractivity contribution in [3.05, 3.63) is 68.7 Å². The molecular formula is C17H19Cl3NO3P. The molecule has 2 aromatic rings.